The van der Waals surface area contributed by atoms with Crippen LogP contribution in [0.3, 0.4) is 0 Å². The number of likely N-dealkylation sites (tertiary alicyclic amines) is 1. The summed E-state index contributed by atoms with van der Waals surface area (Å²) in [5.41, 5.74) is 1.03. The molecule has 3 atom stereocenters. The highest BCUT2D eigenvalue weighted by Crippen LogP contribution is 2.27. The summed E-state index contributed by atoms with van der Waals surface area (Å²) in [7, 11) is 0. The van der Waals surface area contributed by atoms with Crippen LogP contribution in [0.15, 0.2) is 42.5 Å². The molecular weight excluding hydrogens is 258 g/mol. The summed E-state index contributed by atoms with van der Waals surface area (Å²) in [6.07, 6.45) is 3.40. The molecule has 2 heteroatoms. The Hall–Kier alpha value is -1.38. The highest BCUT2D eigenvalue weighted by atomic mass is 16.3. The average molecular weight is 283 g/mol. The molecule has 1 saturated heterocycles. The molecule has 0 saturated carbocycles. The predicted molar refractivity (Wildman–Crippen MR) is 88.4 cm³/mol. The molecule has 0 bridgehead atoms. The number of fused-ring (bicyclic) bond motifs is 1. The molecule has 0 aliphatic carbocycles. The summed E-state index contributed by atoms with van der Waals surface area (Å²) >= 11 is 0. The Kier molecular flexibility index (Phi) is 4.27. The van der Waals surface area contributed by atoms with Crippen LogP contribution in [0.4, 0.5) is 0 Å². The largest absolute Gasteiger partial charge is 0.387 e. The Bertz CT molecular complexity index is 599. The maximum absolute atomic E-state index is 10.6. The van der Waals surface area contributed by atoms with Gasteiger partial charge in [-0.05, 0) is 49.1 Å². The molecule has 0 amide bonds. The summed E-state index contributed by atoms with van der Waals surface area (Å²) in [5, 5.41) is 13.1. The van der Waals surface area contributed by atoms with Crippen LogP contribution in [0.25, 0.3) is 10.8 Å². The molecule has 0 spiro atoms. The minimum atomic E-state index is -0.405. The molecule has 21 heavy (non-hydrogen) atoms. The molecule has 1 N–H and O–H groups in total. The van der Waals surface area contributed by atoms with Gasteiger partial charge in [-0.25, -0.2) is 0 Å². The maximum atomic E-state index is 10.6. The first-order chi connectivity index (χ1) is 10.1. The monoisotopic (exact) mass is 283 g/mol. The van der Waals surface area contributed by atoms with Crippen molar-refractivity contribution in [2.45, 2.75) is 51.3 Å². The molecule has 2 aromatic rings. The first-order valence-electron chi connectivity index (χ1n) is 8.07. The quantitative estimate of drug-likeness (QED) is 0.915. The van der Waals surface area contributed by atoms with E-state index in [0.717, 1.165) is 12.1 Å². The second-order valence-corrected chi connectivity index (χ2v) is 6.45. The third-order valence-corrected chi connectivity index (χ3v) is 4.92. The van der Waals surface area contributed by atoms with E-state index in [-0.39, 0.29) is 0 Å². The van der Waals surface area contributed by atoms with E-state index < -0.39 is 6.10 Å². The Morgan fingerprint density at radius 3 is 2.43 bits per heavy atom. The lowest BCUT2D eigenvalue weighted by Gasteiger charge is -2.40. The van der Waals surface area contributed by atoms with Crippen molar-refractivity contribution in [3.05, 3.63) is 48.0 Å². The molecule has 1 fully saturated rings. The number of rotatable bonds is 3. The predicted octanol–water partition coefficient (Wildman–Crippen LogP) is 4.14. The molecule has 2 nitrogen and oxygen atoms in total. The summed E-state index contributed by atoms with van der Waals surface area (Å²) in [5.74, 6) is 0. The van der Waals surface area contributed by atoms with Crippen molar-refractivity contribution in [1.82, 2.24) is 4.90 Å². The van der Waals surface area contributed by atoms with Gasteiger partial charge in [0.25, 0.3) is 0 Å². The summed E-state index contributed by atoms with van der Waals surface area (Å²) < 4.78 is 0. The van der Waals surface area contributed by atoms with E-state index in [0.29, 0.717) is 12.1 Å². The van der Waals surface area contributed by atoms with Gasteiger partial charge in [0.05, 0.1) is 6.10 Å². The summed E-state index contributed by atoms with van der Waals surface area (Å²) in [6, 6.07) is 15.8. The van der Waals surface area contributed by atoms with Crippen LogP contribution < -0.4 is 0 Å². The van der Waals surface area contributed by atoms with Gasteiger partial charge >= 0.3 is 0 Å². The van der Waals surface area contributed by atoms with Crippen LogP contribution in [-0.4, -0.2) is 28.6 Å². The van der Waals surface area contributed by atoms with Crippen molar-refractivity contribution >= 4 is 10.8 Å². The molecule has 0 radical (unpaired) electrons. The second kappa shape index (κ2) is 6.17. The Balaban J connectivity index is 1.78. The normalized spacial score (nSPS) is 25.1. The number of piperidine rings is 1. The summed E-state index contributed by atoms with van der Waals surface area (Å²) in [4.78, 5) is 2.46. The van der Waals surface area contributed by atoms with Crippen molar-refractivity contribution in [1.29, 1.82) is 0 Å². The van der Waals surface area contributed by atoms with Crippen LogP contribution in [0.1, 0.15) is 44.8 Å². The molecule has 1 aliphatic rings. The Morgan fingerprint density at radius 1 is 1.05 bits per heavy atom. The molecule has 1 aliphatic heterocycles. The van der Waals surface area contributed by atoms with Crippen LogP contribution in [0, 0.1) is 0 Å². The molecule has 3 rings (SSSR count). The van der Waals surface area contributed by atoms with Gasteiger partial charge in [0.2, 0.25) is 0 Å². The second-order valence-electron chi connectivity index (χ2n) is 6.45. The van der Waals surface area contributed by atoms with E-state index in [9.17, 15) is 5.11 Å². The molecule has 2 aromatic carbocycles. The standard InChI is InChI=1S/C19H25NO/c1-14-6-5-7-15(2)20(14)13-19(21)18-11-10-16-8-3-4-9-17(16)12-18/h3-4,8-12,14-15,19,21H,5-7,13H2,1-2H3. The highest BCUT2D eigenvalue weighted by Gasteiger charge is 2.26. The van der Waals surface area contributed by atoms with Gasteiger partial charge in [-0.1, -0.05) is 42.8 Å². The van der Waals surface area contributed by atoms with Crippen molar-refractivity contribution in [2.75, 3.05) is 6.54 Å². The van der Waals surface area contributed by atoms with E-state index >= 15 is 0 Å². The lowest BCUT2D eigenvalue weighted by molar-refractivity contribution is 0.0412. The molecule has 1 heterocycles. The third-order valence-electron chi connectivity index (χ3n) is 4.92. The van der Waals surface area contributed by atoms with Crippen molar-refractivity contribution < 1.29 is 5.11 Å². The van der Waals surface area contributed by atoms with Crippen LogP contribution >= 0.6 is 0 Å². The Morgan fingerprint density at radius 2 is 1.71 bits per heavy atom. The van der Waals surface area contributed by atoms with Crippen molar-refractivity contribution in [3.63, 3.8) is 0 Å². The van der Waals surface area contributed by atoms with E-state index in [1.807, 2.05) is 6.07 Å². The number of aliphatic hydroxyl groups excluding tert-OH is 1. The first-order valence-corrected chi connectivity index (χ1v) is 8.07. The lowest BCUT2D eigenvalue weighted by Crippen LogP contribution is -2.45. The number of β-amino-alcohol motifs (C(OH)–C–C–N with tert-alkyl or cyclic N) is 1. The van der Waals surface area contributed by atoms with Crippen LogP contribution in [-0.2, 0) is 0 Å². The van der Waals surface area contributed by atoms with Gasteiger partial charge in [-0.2, -0.15) is 0 Å². The van der Waals surface area contributed by atoms with Gasteiger partial charge < -0.3 is 5.11 Å². The van der Waals surface area contributed by atoms with Gasteiger partial charge in [0, 0.05) is 18.6 Å². The van der Waals surface area contributed by atoms with Crippen LogP contribution in [0.2, 0.25) is 0 Å². The van der Waals surface area contributed by atoms with Crippen LogP contribution in [0.5, 0.6) is 0 Å². The van der Waals surface area contributed by atoms with E-state index in [1.165, 1.54) is 30.0 Å². The molecular formula is C19H25NO. The maximum Gasteiger partial charge on any atom is 0.0917 e. The molecule has 112 valence electrons. The number of hydrogen-bond acceptors (Lipinski definition) is 2. The number of hydrogen-bond donors (Lipinski definition) is 1. The van der Waals surface area contributed by atoms with Gasteiger partial charge in [-0.3, -0.25) is 4.90 Å². The Labute approximate surface area is 127 Å². The zero-order valence-corrected chi connectivity index (χ0v) is 13.0. The lowest BCUT2D eigenvalue weighted by atomic mass is 9.96. The fourth-order valence-electron chi connectivity index (χ4n) is 3.55. The SMILES string of the molecule is CC1CCCC(C)N1CC(O)c1ccc2ccccc2c1. The molecule has 0 aromatic heterocycles. The topological polar surface area (TPSA) is 23.5 Å². The van der Waals surface area contributed by atoms with Gasteiger partial charge in [0.15, 0.2) is 0 Å². The third kappa shape index (κ3) is 3.12. The average Bonchev–Trinajstić information content (AvgIpc) is 2.50. The van der Waals surface area contributed by atoms with Gasteiger partial charge in [0.1, 0.15) is 0 Å². The zero-order chi connectivity index (χ0) is 14.8. The summed E-state index contributed by atoms with van der Waals surface area (Å²) in [6.45, 7) is 5.30. The number of nitrogens with zero attached hydrogens (tertiary/aromatic N) is 1. The fraction of sp³-hybridized carbons (Fsp3) is 0.474. The van der Waals surface area contributed by atoms with E-state index in [4.69, 9.17) is 0 Å². The number of aliphatic hydroxyl groups is 1. The van der Waals surface area contributed by atoms with E-state index in [2.05, 4.69) is 55.1 Å². The zero-order valence-electron chi connectivity index (χ0n) is 13.0. The highest BCUT2D eigenvalue weighted by molar-refractivity contribution is 5.83. The minimum absolute atomic E-state index is 0.405. The smallest absolute Gasteiger partial charge is 0.0917 e. The first kappa shape index (κ1) is 14.6. The van der Waals surface area contributed by atoms with Crippen molar-refractivity contribution in [2.24, 2.45) is 0 Å². The molecule has 3 unspecified atom stereocenters. The fourth-order valence-corrected chi connectivity index (χ4v) is 3.55. The minimum Gasteiger partial charge on any atom is -0.387 e. The van der Waals surface area contributed by atoms with E-state index in [1.54, 1.807) is 0 Å². The number of benzene rings is 2. The van der Waals surface area contributed by atoms with Crippen molar-refractivity contribution in [3.8, 4) is 0 Å². The van der Waals surface area contributed by atoms with Gasteiger partial charge in [-0.15, -0.1) is 0 Å².